The number of carbonyl (C=O) groups is 1. The van der Waals surface area contributed by atoms with Crippen molar-refractivity contribution in [3.63, 3.8) is 0 Å². The first-order valence-corrected chi connectivity index (χ1v) is 9.41. The standard InChI is InChI=1S/C22H28O5/c1-4-5-12-22(24-3)13-11-18-21(27-22)20(16(2)19(14-23)26-18)25-15-17-9-7-6-8-10-17/h4,6-10,14,18-21H,1-2,5,11-13,15H2,3H3/t18-,19-,20-,21-,22-/m1/s1. The second-order valence-electron chi connectivity index (χ2n) is 7.09. The molecule has 2 aliphatic heterocycles. The molecule has 0 saturated carbocycles. The lowest BCUT2D eigenvalue weighted by atomic mass is 9.86. The van der Waals surface area contributed by atoms with Gasteiger partial charge in [-0.25, -0.2) is 0 Å². The molecule has 146 valence electrons. The number of benzene rings is 1. The smallest absolute Gasteiger partial charge is 0.168 e. The Kier molecular flexibility index (Phi) is 6.60. The summed E-state index contributed by atoms with van der Waals surface area (Å²) in [6.45, 7) is 8.27. The molecule has 2 heterocycles. The fraction of sp³-hybridized carbons (Fsp3) is 0.500. The van der Waals surface area contributed by atoms with Crippen LogP contribution in [0.5, 0.6) is 0 Å². The largest absolute Gasteiger partial charge is 0.366 e. The fourth-order valence-electron chi connectivity index (χ4n) is 3.80. The summed E-state index contributed by atoms with van der Waals surface area (Å²) in [5, 5.41) is 0. The minimum Gasteiger partial charge on any atom is -0.366 e. The minimum absolute atomic E-state index is 0.224. The highest BCUT2D eigenvalue weighted by Crippen LogP contribution is 2.41. The average Bonchev–Trinajstić information content (AvgIpc) is 2.72. The predicted molar refractivity (Wildman–Crippen MR) is 102 cm³/mol. The van der Waals surface area contributed by atoms with Crippen LogP contribution in [0.25, 0.3) is 0 Å². The maximum absolute atomic E-state index is 11.5. The number of rotatable bonds is 8. The zero-order valence-electron chi connectivity index (χ0n) is 15.8. The number of ether oxygens (including phenoxy) is 4. The number of methoxy groups -OCH3 is 1. The van der Waals surface area contributed by atoms with Gasteiger partial charge in [0.1, 0.15) is 18.3 Å². The minimum atomic E-state index is -0.693. The van der Waals surface area contributed by atoms with Gasteiger partial charge in [0.15, 0.2) is 12.1 Å². The van der Waals surface area contributed by atoms with Gasteiger partial charge < -0.3 is 23.7 Å². The first kappa shape index (κ1) is 20.0. The molecular formula is C22H28O5. The molecule has 0 aliphatic carbocycles. The molecule has 27 heavy (non-hydrogen) atoms. The summed E-state index contributed by atoms with van der Waals surface area (Å²) in [5.74, 6) is -0.693. The number of carbonyl (C=O) groups excluding carboxylic acids is 1. The van der Waals surface area contributed by atoms with Gasteiger partial charge in [-0.3, -0.25) is 0 Å². The maximum atomic E-state index is 11.5. The molecule has 0 radical (unpaired) electrons. The van der Waals surface area contributed by atoms with E-state index in [9.17, 15) is 4.79 Å². The van der Waals surface area contributed by atoms with E-state index in [1.807, 2.05) is 36.4 Å². The molecule has 0 N–H and O–H groups in total. The van der Waals surface area contributed by atoms with Gasteiger partial charge in [-0.1, -0.05) is 43.0 Å². The van der Waals surface area contributed by atoms with Crippen LogP contribution in [0.3, 0.4) is 0 Å². The van der Waals surface area contributed by atoms with E-state index in [-0.39, 0.29) is 12.2 Å². The molecule has 0 spiro atoms. The number of aldehydes is 1. The topological polar surface area (TPSA) is 54.0 Å². The molecule has 5 nitrogen and oxygen atoms in total. The summed E-state index contributed by atoms with van der Waals surface area (Å²) in [6.07, 6.45) is 3.89. The van der Waals surface area contributed by atoms with Gasteiger partial charge in [0.2, 0.25) is 0 Å². The van der Waals surface area contributed by atoms with Gasteiger partial charge in [0.25, 0.3) is 0 Å². The summed E-state index contributed by atoms with van der Waals surface area (Å²) in [5.41, 5.74) is 1.65. The van der Waals surface area contributed by atoms with Crippen molar-refractivity contribution in [1.29, 1.82) is 0 Å². The summed E-state index contributed by atoms with van der Waals surface area (Å²) >= 11 is 0. The second kappa shape index (κ2) is 8.93. The fourth-order valence-corrected chi connectivity index (χ4v) is 3.80. The van der Waals surface area contributed by atoms with E-state index in [2.05, 4.69) is 13.2 Å². The molecule has 0 amide bonds. The third kappa shape index (κ3) is 4.38. The average molecular weight is 372 g/mol. The molecule has 0 unspecified atom stereocenters. The Morgan fingerprint density at radius 1 is 1.33 bits per heavy atom. The van der Waals surface area contributed by atoms with Gasteiger partial charge >= 0.3 is 0 Å². The number of allylic oxidation sites excluding steroid dienone is 1. The van der Waals surface area contributed by atoms with Gasteiger partial charge in [-0.15, -0.1) is 6.58 Å². The quantitative estimate of drug-likeness (QED) is 0.516. The summed E-state index contributed by atoms with van der Waals surface area (Å²) in [7, 11) is 1.66. The lowest BCUT2D eigenvalue weighted by Gasteiger charge is -2.50. The van der Waals surface area contributed by atoms with Gasteiger partial charge in [0.05, 0.1) is 12.7 Å². The first-order chi connectivity index (χ1) is 13.1. The molecule has 5 heteroatoms. The summed E-state index contributed by atoms with van der Waals surface area (Å²) in [6, 6.07) is 9.91. The van der Waals surface area contributed by atoms with Crippen LogP contribution < -0.4 is 0 Å². The molecule has 2 fully saturated rings. The third-order valence-electron chi connectivity index (χ3n) is 5.38. The molecule has 2 saturated heterocycles. The Bertz CT molecular complexity index is 658. The van der Waals surface area contributed by atoms with E-state index in [0.717, 1.165) is 24.7 Å². The van der Waals surface area contributed by atoms with E-state index < -0.39 is 18.0 Å². The van der Waals surface area contributed by atoms with Crippen molar-refractivity contribution < 1.29 is 23.7 Å². The van der Waals surface area contributed by atoms with Crippen LogP contribution in [0.1, 0.15) is 31.2 Å². The van der Waals surface area contributed by atoms with Crippen LogP contribution in [0.15, 0.2) is 55.1 Å². The van der Waals surface area contributed by atoms with Gasteiger partial charge in [-0.2, -0.15) is 0 Å². The normalized spacial score (nSPS) is 33.3. The van der Waals surface area contributed by atoms with Crippen molar-refractivity contribution in [2.24, 2.45) is 0 Å². The Labute approximate surface area is 160 Å². The van der Waals surface area contributed by atoms with E-state index >= 15 is 0 Å². The molecule has 5 atom stereocenters. The highest BCUT2D eigenvalue weighted by atomic mass is 16.7. The van der Waals surface area contributed by atoms with Gasteiger partial charge in [0, 0.05) is 20.0 Å². The van der Waals surface area contributed by atoms with E-state index in [0.29, 0.717) is 25.0 Å². The number of hydrogen-bond donors (Lipinski definition) is 0. The Morgan fingerprint density at radius 3 is 2.78 bits per heavy atom. The molecule has 1 aromatic carbocycles. The van der Waals surface area contributed by atoms with Crippen molar-refractivity contribution in [2.75, 3.05) is 7.11 Å². The monoisotopic (exact) mass is 372 g/mol. The Hall–Kier alpha value is -1.79. The number of hydrogen-bond acceptors (Lipinski definition) is 5. The second-order valence-corrected chi connectivity index (χ2v) is 7.09. The van der Waals surface area contributed by atoms with Crippen molar-refractivity contribution in [3.05, 3.63) is 60.7 Å². The van der Waals surface area contributed by atoms with Crippen LogP contribution in [-0.4, -0.2) is 43.6 Å². The molecule has 0 bridgehead atoms. The van der Waals surface area contributed by atoms with E-state index in [4.69, 9.17) is 18.9 Å². The van der Waals surface area contributed by atoms with Crippen LogP contribution >= 0.6 is 0 Å². The predicted octanol–water partition coefficient (Wildman–Crippen LogP) is 3.58. The molecule has 0 aromatic heterocycles. The molecule has 3 rings (SSSR count). The molecule has 1 aromatic rings. The first-order valence-electron chi connectivity index (χ1n) is 9.41. The van der Waals surface area contributed by atoms with Gasteiger partial charge in [-0.05, 0) is 24.0 Å². The molecule has 2 aliphatic rings. The van der Waals surface area contributed by atoms with Crippen molar-refractivity contribution >= 4 is 6.29 Å². The zero-order valence-corrected chi connectivity index (χ0v) is 15.8. The maximum Gasteiger partial charge on any atom is 0.168 e. The van der Waals surface area contributed by atoms with Crippen LogP contribution in [-0.2, 0) is 30.3 Å². The lowest BCUT2D eigenvalue weighted by molar-refractivity contribution is -0.321. The Morgan fingerprint density at radius 2 is 2.11 bits per heavy atom. The Balaban J connectivity index is 1.79. The van der Waals surface area contributed by atoms with Crippen molar-refractivity contribution in [2.45, 2.75) is 62.5 Å². The van der Waals surface area contributed by atoms with E-state index in [1.165, 1.54) is 0 Å². The molecular weight excluding hydrogens is 344 g/mol. The van der Waals surface area contributed by atoms with Crippen molar-refractivity contribution in [3.8, 4) is 0 Å². The van der Waals surface area contributed by atoms with Crippen LogP contribution in [0.2, 0.25) is 0 Å². The highest BCUT2D eigenvalue weighted by molar-refractivity contribution is 5.62. The summed E-state index contributed by atoms with van der Waals surface area (Å²) < 4.78 is 24.3. The third-order valence-corrected chi connectivity index (χ3v) is 5.38. The summed E-state index contributed by atoms with van der Waals surface area (Å²) in [4.78, 5) is 11.5. The zero-order chi connectivity index (χ0) is 19.3. The van der Waals surface area contributed by atoms with Crippen molar-refractivity contribution in [1.82, 2.24) is 0 Å². The number of fused-ring (bicyclic) bond motifs is 1. The lowest BCUT2D eigenvalue weighted by Crippen LogP contribution is -2.59. The van der Waals surface area contributed by atoms with Crippen LogP contribution in [0, 0.1) is 0 Å². The SMILES string of the molecule is C=CCC[C@]1(OC)CC[C@H]2O[C@H](C=O)C(=C)[C@@H](OCc3ccccc3)[C@@H]2O1. The van der Waals surface area contributed by atoms with E-state index in [1.54, 1.807) is 7.11 Å². The van der Waals surface area contributed by atoms with Crippen LogP contribution in [0.4, 0.5) is 0 Å². The highest BCUT2D eigenvalue weighted by Gasteiger charge is 2.50.